The first-order valence-electron chi connectivity index (χ1n) is 7.78. The number of hydrogen-bond donors (Lipinski definition) is 2. The van der Waals surface area contributed by atoms with Crippen LogP contribution < -0.4 is 10.6 Å². The van der Waals surface area contributed by atoms with Gasteiger partial charge < -0.3 is 20.3 Å². The van der Waals surface area contributed by atoms with Gasteiger partial charge in [0.05, 0.1) is 12.7 Å². The summed E-state index contributed by atoms with van der Waals surface area (Å²) >= 11 is 1.28. The van der Waals surface area contributed by atoms with Gasteiger partial charge in [-0.25, -0.2) is 9.78 Å². The van der Waals surface area contributed by atoms with E-state index in [1.54, 1.807) is 17.2 Å². The third-order valence-corrected chi connectivity index (χ3v) is 4.51. The highest BCUT2D eigenvalue weighted by Gasteiger charge is 2.21. The van der Waals surface area contributed by atoms with Crippen LogP contribution in [-0.2, 0) is 11.3 Å². The van der Waals surface area contributed by atoms with Crippen molar-refractivity contribution in [3.05, 3.63) is 53.6 Å². The highest BCUT2D eigenvalue weighted by atomic mass is 32.1. The van der Waals surface area contributed by atoms with Crippen LogP contribution in [0.3, 0.4) is 0 Å². The van der Waals surface area contributed by atoms with Crippen molar-refractivity contribution < 1.29 is 14.3 Å². The molecule has 1 saturated heterocycles. The first-order chi connectivity index (χ1) is 12.2. The Bertz CT molecular complexity index is 772. The van der Waals surface area contributed by atoms with Crippen molar-refractivity contribution in [1.82, 2.24) is 9.88 Å². The van der Waals surface area contributed by atoms with Crippen LogP contribution in [-0.4, -0.2) is 41.6 Å². The number of amides is 2. The van der Waals surface area contributed by atoms with E-state index in [1.807, 2.05) is 24.3 Å². The SMILES string of the molecule is C=CCNc1ncc(C(=O)Nc2ccc(CN3CCOC3=O)cc2)s1. The van der Waals surface area contributed by atoms with Crippen LogP contribution in [0.4, 0.5) is 15.6 Å². The maximum Gasteiger partial charge on any atom is 0.410 e. The summed E-state index contributed by atoms with van der Waals surface area (Å²) in [7, 11) is 0. The Hall–Kier alpha value is -2.87. The number of nitrogens with zero attached hydrogens (tertiary/aromatic N) is 2. The number of thiazole rings is 1. The molecular formula is C17H18N4O3S. The van der Waals surface area contributed by atoms with Crippen LogP contribution in [0.25, 0.3) is 0 Å². The third-order valence-electron chi connectivity index (χ3n) is 3.56. The number of carbonyl (C=O) groups is 2. The monoisotopic (exact) mass is 358 g/mol. The first-order valence-corrected chi connectivity index (χ1v) is 8.60. The van der Waals surface area contributed by atoms with Gasteiger partial charge in [0.2, 0.25) is 0 Å². The van der Waals surface area contributed by atoms with Crippen LogP contribution in [0.1, 0.15) is 15.2 Å². The van der Waals surface area contributed by atoms with Gasteiger partial charge in [0.25, 0.3) is 5.91 Å². The fourth-order valence-corrected chi connectivity index (χ4v) is 3.01. The van der Waals surface area contributed by atoms with Gasteiger partial charge in [-0.15, -0.1) is 6.58 Å². The summed E-state index contributed by atoms with van der Waals surface area (Å²) in [6, 6.07) is 7.38. The number of rotatable bonds is 7. The molecule has 1 aromatic carbocycles. The van der Waals surface area contributed by atoms with Crippen molar-refractivity contribution in [2.75, 3.05) is 30.3 Å². The summed E-state index contributed by atoms with van der Waals surface area (Å²) in [5, 5.41) is 6.56. The van der Waals surface area contributed by atoms with E-state index in [0.29, 0.717) is 41.9 Å². The summed E-state index contributed by atoms with van der Waals surface area (Å²) < 4.78 is 4.90. The van der Waals surface area contributed by atoms with E-state index >= 15 is 0 Å². The van der Waals surface area contributed by atoms with Gasteiger partial charge in [0.15, 0.2) is 5.13 Å². The molecule has 130 valence electrons. The molecule has 0 aliphatic carbocycles. The topological polar surface area (TPSA) is 83.6 Å². The second kappa shape index (κ2) is 7.80. The molecule has 0 atom stereocenters. The molecule has 0 unspecified atom stereocenters. The molecule has 1 aromatic heterocycles. The van der Waals surface area contributed by atoms with Crippen molar-refractivity contribution in [2.45, 2.75) is 6.54 Å². The lowest BCUT2D eigenvalue weighted by atomic mass is 10.2. The smallest absolute Gasteiger partial charge is 0.410 e. The van der Waals surface area contributed by atoms with Crippen LogP contribution in [0.5, 0.6) is 0 Å². The Balaban J connectivity index is 1.57. The Morgan fingerprint density at radius 1 is 1.40 bits per heavy atom. The normalized spacial score (nSPS) is 13.4. The van der Waals surface area contributed by atoms with Crippen molar-refractivity contribution in [3.63, 3.8) is 0 Å². The fourth-order valence-electron chi connectivity index (χ4n) is 2.30. The molecule has 7 nitrogen and oxygen atoms in total. The van der Waals surface area contributed by atoms with E-state index < -0.39 is 0 Å². The number of anilines is 2. The molecule has 2 N–H and O–H groups in total. The van der Waals surface area contributed by atoms with E-state index in [0.717, 1.165) is 5.56 Å². The van der Waals surface area contributed by atoms with Crippen LogP contribution in [0, 0.1) is 0 Å². The van der Waals surface area contributed by atoms with E-state index in [9.17, 15) is 9.59 Å². The van der Waals surface area contributed by atoms with Crippen molar-refractivity contribution in [2.24, 2.45) is 0 Å². The maximum absolute atomic E-state index is 12.2. The number of ether oxygens (including phenoxy) is 1. The number of hydrogen-bond acceptors (Lipinski definition) is 6. The second-order valence-corrected chi connectivity index (χ2v) is 6.42. The summed E-state index contributed by atoms with van der Waals surface area (Å²) in [6.07, 6.45) is 2.98. The second-order valence-electron chi connectivity index (χ2n) is 5.39. The van der Waals surface area contributed by atoms with Crippen molar-refractivity contribution in [1.29, 1.82) is 0 Å². The average molecular weight is 358 g/mol. The van der Waals surface area contributed by atoms with Gasteiger partial charge in [0, 0.05) is 18.8 Å². The highest BCUT2D eigenvalue weighted by molar-refractivity contribution is 7.17. The largest absolute Gasteiger partial charge is 0.448 e. The zero-order chi connectivity index (χ0) is 17.6. The zero-order valence-corrected chi connectivity index (χ0v) is 14.3. The molecule has 2 heterocycles. The summed E-state index contributed by atoms with van der Waals surface area (Å²) in [4.78, 5) is 30.0. The van der Waals surface area contributed by atoms with Crippen LogP contribution >= 0.6 is 11.3 Å². The molecular weight excluding hydrogens is 340 g/mol. The van der Waals surface area contributed by atoms with Gasteiger partial charge in [-0.2, -0.15) is 0 Å². The molecule has 8 heteroatoms. The molecule has 0 saturated carbocycles. The number of nitrogens with one attached hydrogen (secondary N) is 2. The molecule has 1 fully saturated rings. The Morgan fingerprint density at radius 3 is 2.88 bits per heavy atom. The zero-order valence-electron chi connectivity index (χ0n) is 13.5. The molecule has 0 radical (unpaired) electrons. The molecule has 0 spiro atoms. The fraction of sp³-hybridized carbons (Fsp3) is 0.235. The lowest BCUT2D eigenvalue weighted by Crippen LogP contribution is -2.23. The number of aromatic nitrogens is 1. The lowest BCUT2D eigenvalue weighted by Gasteiger charge is -2.12. The van der Waals surface area contributed by atoms with Crippen LogP contribution in [0.2, 0.25) is 0 Å². The van der Waals surface area contributed by atoms with Crippen molar-refractivity contribution >= 4 is 34.2 Å². The highest BCUT2D eigenvalue weighted by Crippen LogP contribution is 2.20. The molecule has 25 heavy (non-hydrogen) atoms. The predicted molar refractivity (Wildman–Crippen MR) is 97.0 cm³/mol. The summed E-state index contributed by atoms with van der Waals surface area (Å²) in [5.74, 6) is -0.208. The first kappa shape index (κ1) is 17.0. The van der Waals surface area contributed by atoms with E-state index in [-0.39, 0.29) is 12.0 Å². The molecule has 3 rings (SSSR count). The molecule has 1 aliphatic rings. The van der Waals surface area contributed by atoms with E-state index in [4.69, 9.17) is 4.74 Å². The summed E-state index contributed by atoms with van der Waals surface area (Å²) in [6.45, 7) is 5.76. The van der Waals surface area contributed by atoms with Gasteiger partial charge in [0.1, 0.15) is 11.5 Å². The van der Waals surface area contributed by atoms with E-state index in [2.05, 4.69) is 22.2 Å². The Kier molecular flexibility index (Phi) is 5.30. The van der Waals surface area contributed by atoms with E-state index in [1.165, 1.54) is 11.3 Å². The van der Waals surface area contributed by atoms with Gasteiger partial charge in [-0.3, -0.25) is 4.79 Å². The van der Waals surface area contributed by atoms with Crippen molar-refractivity contribution in [3.8, 4) is 0 Å². The Morgan fingerprint density at radius 2 is 2.20 bits per heavy atom. The third kappa shape index (κ3) is 4.36. The summed E-state index contributed by atoms with van der Waals surface area (Å²) in [5.41, 5.74) is 1.66. The minimum Gasteiger partial charge on any atom is -0.448 e. The minimum atomic E-state index is -0.288. The van der Waals surface area contributed by atoms with Gasteiger partial charge >= 0.3 is 6.09 Å². The number of carbonyl (C=O) groups excluding carboxylic acids is 2. The van der Waals surface area contributed by atoms with Gasteiger partial charge in [-0.1, -0.05) is 29.5 Å². The lowest BCUT2D eigenvalue weighted by molar-refractivity contribution is 0.103. The molecule has 2 amide bonds. The Labute approximate surface area is 149 Å². The molecule has 1 aliphatic heterocycles. The number of cyclic esters (lactones) is 1. The molecule has 0 bridgehead atoms. The van der Waals surface area contributed by atoms with Crippen LogP contribution in [0.15, 0.2) is 43.1 Å². The molecule has 2 aromatic rings. The van der Waals surface area contributed by atoms with Gasteiger partial charge in [-0.05, 0) is 17.7 Å². The maximum atomic E-state index is 12.2. The average Bonchev–Trinajstić information content (AvgIpc) is 3.24. The number of benzene rings is 1. The standard InChI is InChI=1S/C17H18N4O3S/c1-2-7-18-16-19-10-14(25-16)15(22)20-13-5-3-12(4-6-13)11-21-8-9-24-17(21)23/h2-6,10H,1,7-9,11H2,(H,18,19)(H,20,22). The minimum absolute atomic E-state index is 0.208. The quantitative estimate of drug-likeness (QED) is 0.744. The predicted octanol–water partition coefficient (Wildman–Crippen LogP) is 2.95.